The summed E-state index contributed by atoms with van der Waals surface area (Å²) in [5.74, 6) is 0.738. The fourth-order valence-electron chi connectivity index (χ4n) is 2.14. The van der Waals surface area contributed by atoms with Gasteiger partial charge in [0.2, 0.25) is 0 Å². The average Bonchev–Trinajstić information content (AvgIpc) is 2.40. The Bertz CT molecular complexity index is 404. The lowest BCUT2D eigenvalue weighted by Crippen LogP contribution is -2.02. The molecule has 0 saturated carbocycles. The summed E-state index contributed by atoms with van der Waals surface area (Å²) in [5.41, 5.74) is 7.66. The monoisotopic (exact) mass is 281 g/mol. The van der Waals surface area contributed by atoms with Gasteiger partial charge in [-0.05, 0) is 31.0 Å². The molecular weight excluding hydrogens is 254 g/mol. The van der Waals surface area contributed by atoms with Gasteiger partial charge in [0.1, 0.15) is 0 Å². The number of hydrogen-bond acceptors (Lipinski definition) is 2. The lowest BCUT2D eigenvalue weighted by atomic mass is 10.1. The van der Waals surface area contributed by atoms with Crippen LogP contribution in [0.3, 0.4) is 0 Å². The van der Waals surface area contributed by atoms with E-state index >= 15 is 0 Å². The van der Waals surface area contributed by atoms with Gasteiger partial charge in [-0.1, -0.05) is 51.5 Å². The van der Waals surface area contributed by atoms with E-state index in [1.54, 1.807) is 0 Å². The molecule has 1 unspecified atom stereocenters. The summed E-state index contributed by atoms with van der Waals surface area (Å²) < 4.78 is 12.2. The first-order valence-corrected chi connectivity index (χ1v) is 8.71. The Labute approximate surface area is 120 Å². The first kappa shape index (κ1) is 16.2. The number of hydrogen-bond donors (Lipinski definition) is 1. The first-order valence-electron chi connectivity index (χ1n) is 7.39. The molecule has 1 aromatic carbocycles. The number of aryl methyl sites for hydroxylation is 1. The molecule has 2 N–H and O–H groups in total. The Kier molecular flexibility index (Phi) is 7.80. The number of benzene rings is 1. The standard InChI is InChI=1S/C16H27NOS/c1-3-4-5-6-7-8-9-12-19(18)16-13-14(2)10-11-15(16)17/h10-11,13H,3-9,12,17H2,1-2H3. The van der Waals surface area contributed by atoms with Crippen molar-refractivity contribution in [1.29, 1.82) is 0 Å². The van der Waals surface area contributed by atoms with Gasteiger partial charge in [-0.3, -0.25) is 4.21 Å². The van der Waals surface area contributed by atoms with E-state index in [0.717, 1.165) is 22.6 Å². The van der Waals surface area contributed by atoms with E-state index in [1.165, 1.54) is 38.5 Å². The molecule has 0 spiro atoms. The van der Waals surface area contributed by atoms with Gasteiger partial charge in [-0.2, -0.15) is 0 Å². The van der Waals surface area contributed by atoms with Crippen LogP contribution in [-0.4, -0.2) is 9.96 Å². The van der Waals surface area contributed by atoms with Crippen LogP contribution in [0.25, 0.3) is 0 Å². The van der Waals surface area contributed by atoms with Crippen molar-refractivity contribution < 1.29 is 4.21 Å². The topological polar surface area (TPSA) is 43.1 Å². The number of anilines is 1. The van der Waals surface area contributed by atoms with Crippen molar-refractivity contribution in [2.75, 3.05) is 11.5 Å². The van der Waals surface area contributed by atoms with E-state index in [2.05, 4.69) is 6.92 Å². The maximum atomic E-state index is 12.2. The number of unbranched alkanes of at least 4 members (excludes halogenated alkanes) is 6. The Hall–Kier alpha value is -0.830. The molecule has 0 heterocycles. The van der Waals surface area contributed by atoms with Crippen molar-refractivity contribution in [3.05, 3.63) is 23.8 Å². The van der Waals surface area contributed by atoms with Gasteiger partial charge in [0.25, 0.3) is 0 Å². The van der Waals surface area contributed by atoms with Gasteiger partial charge in [0, 0.05) is 11.4 Å². The third-order valence-electron chi connectivity index (χ3n) is 3.35. The Morgan fingerprint density at radius 1 is 1.05 bits per heavy atom. The molecule has 0 bridgehead atoms. The van der Waals surface area contributed by atoms with E-state index in [9.17, 15) is 4.21 Å². The van der Waals surface area contributed by atoms with Gasteiger partial charge in [0.05, 0.1) is 15.7 Å². The predicted octanol–water partition coefficient (Wildman–Crippen LogP) is 4.44. The minimum absolute atomic E-state index is 0.659. The minimum Gasteiger partial charge on any atom is -0.398 e. The second-order valence-corrected chi connectivity index (χ2v) is 6.75. The third kappa shape index (κ3) is 6.24. The third-order valence-corrected chi connectivity index (χ3v) is 4.85. The highest BCUT2D eigenvalue weighted by Gasteiger charge is 2.07. The lowest BCUT2D eigenvalue weighted by molar-refractivity contribution is 0.601. The molecule has 0 aliphatic carbocycles. The molecule has 0 saturated heterocycles. The highest BCUT2D eigenvalue weighted by Crippen LogP contribution is 2.19. The van der Waals surface area contributed by atoms with Crippen molar-refractivity contribution in [2.45, 2.75) is 63.7 Å². The largest absolute Gasteiger partial charge is 0.398 e. The molecule has 2 nitrogen and oxygen atoms in total. The van der Waals surface area contributed by atoms with Crippen LogP contribution < -0.4 is 5.73 Å². The van der Waals surface area contributed by atoms with Crippen molar-refractivity contribution >= 4 is 16.5 Å². The molecule has 3 heteroatoms. The average molecular weight is 281 g/mol. The van der Waals surface area contributed by atoms with Crippen LogP contribution in [0.1, 0.15) is 57.4 Å². The molecule has 0 aromatic heterocycles. The smallest absolute Gasteiger partial charge is 0.0620 e. The van der Waals surface area contributed by atoms with Crippen LogP contribution in [0.15, 0.2) is 23.1 Å². The first-order chi connectivity index (χ1) is 9.15. The summed E-state index contributed by atoms with van der Waals surface area (Å²) in [7, 11) is -0.939. The highest BCUT2D eigenvalue weighted by molar-refractivity contribution is 7.85. The Morgan fingerprint density at radius 2 is 1.68 bits per heavy atom. The molecule has 108 valence electrons. The maximum Gasteiger partial charge on any atom is 0.0620 e. The lowest BCUT2D eigenvalue weighted by Gasteiger charge is -2.07. The van der Waals surface area contributed by atoms with Crippen LogP contribution in [0, 0.1) is 6.92 Å². The Balaban J connectivity index is 2.26. The molecule has 0 radical (unpaired) electrons. The molecule has 0 fully saturated rings. The molecule has 1 rings (SSSR count). The molecule has 0 amide bonds. The zero-order valence-electron chi connectivity index (χ0n) is 12.3. The zero-order chi connectivity index (χ0) is 14.1. The summed E-state index contributed by atoms with van der Waals surface area (Å²) in [4.78, 5) is 0.811. The van der Waals surface area contributed by atoms with E-state index in [0.29, 0.717) is 5.69 Å². The van der Waals surface area contributed by atoms with Crippen molar-refractivity contribution in [3.63, 3.8) is 0 Å². The summed E-state index contributed by atoms with van der Waals surface area (Å²) in [6, 6.07) is 5.77. The fraction of sp³-hybridized carbons (Fsp3) is 0.625. The molecule has 19 heavy (non-hydrogen) atoms. The second kappa shape index (κ2) is 9.13. The van der Waals surface area contributed by atoms with Gasteiger partial charge in [-0.15, -0.1) is 0 Å². The van der Waals surface area contributed by atoms with Gasteiger partial charge < -0.3 is 5.73 Å². The zero-order valence-corrected chi connectivity index (χ0v) is 13.1. The van der Waals surface area contributed by atoms with Crippen LogP contribution in [0.5, 0.6) is 0 Å². The van der Waals surface area contributed by atoms with E-state index < -0.39 is 10.8 Å². The number of rotatable bonds is 9. The second-order valence-electron chi connectivity index (χ2n) is 5.21. The summed E-state index contributed by atoms with van der Waals surface area (Å²) in [5, 5.41) is 0. The van der Waals surface area contributed by atoms with Crippen LogP contribution >= 0.6 is 0 Å². The summed E-state index contributed by atoms with van der Waals surface area (Å²) in [6.07, 6.45) is 8.76. The molecular formula is C16H27NOS. The normalized spacial score (nSPS) is 12.5. The summed E-state index contributed by atoms with van der Waals surface area (Å²) >= 11 is 0. The molecule has 0 aliphatic heterocycles. The predicted molar refractivity (Wildman–Crippen MR) is 84.9 cm³/mol. The Morgan fingerprint density at radius 3 is 2.37 bits per heavy atom. The SMILES string of the molecule is CCCCCCCCCS(=O)c1cc(C)ccc1N. The fourth-order valence-corrected chi connectivity index (χ4v) is 3.47. The van der Waals surface area contributed by atoms with Gasteiger partial charge in [0.15, 0.2) is 0 Å². The van der Waals surface area contributed by atoms with E-state index in [-0.39, 0.29) is 0 Å². The van der Waals surface area contributed by atoms with Gasteiger partial charge in [-0.25, -0.2) is 0 Å². The van der Waals surface area contributed by atoms with Crippen molar-refractivity contribution in [2.24, 2.45) is 0 Å². The molecule has 0 aliphatic rings. The molecule has 1 aromatic rings. The quantitative estimate of drug-likeness (QED) is 0.537. The van der Waals surface area contributed by atoms with Crippen molar-refractivity contribution in [1.82, 2.24) is 0 Å². The highest BCUT2D eigenvalue weighted by atomic mass is 32.2. The summed E-state index contributed by atoms with van der Waals surface area (Å²) in [6.45, 7) is 4.24. The van der Waals surface area contributed by atoms with Crippen LogP contribution in [0.4, 0.5) is 5.69 Å². The molecule has 1 atom stereocenters. The van der Waals surface area contributed by atoms with Crippen LogP contribution in [0.2, 0.25) is 0 Å². The van der Waals surface area contributed by atoms with Crippen LogP contribution in [-0.2, 0) is 10.8 Å². The minimum atomic E-state index is -0.939. The van der Waals surface area contributed by atoms with E-state index in [4.69, 9.17) is 5.73 Å². The van der Waals surface area contributed by atoms with E-state index in [1.807, 2.05) is 25.1 Å². The number of nitrogens with two attached hydrogens (primary N) is 1. The van der Waals surface area contributed by atoms with Crippen molar-refractivity contribution in [3.8, 4) is 0 Å². The number of nitrogen functional groups attached to an aromatic ring is 1. The van der Waals surface area contributed by atoms with Gasteiger partial charge >= 0.3 is 0 Å². The maximum absolute atomic E-state index is 12.2.